The van der Waals surface area contributed by atoms with E-state index in [0.29, 0.717) is 12.8 Å². The SMILES string of the molecule is CCc1nc(CC[C@@H]2NC(=O)NC2=O)n(-c2cccc3c2CCC3)n1. The molecule has 0 spiro atoms. The van der Waals surface area contributed by atoms with Gasteiger partial charge < -0.3 is 5.32 Å². The zero-order valence-corrected chi connectivity index (χ0v) is 14.2. The molecule has 1 saturated heterocycles. The minimum absolute atomic E-state index is 0.271. The predicted molar refractivity (Wildman–Crippen MR) is 91.5 cm³/mol. The molecular formula is C18H21N5O2. The van der Waals surface area contributed by atoms with E-state index < -0.39 is 12.1 Å². The van der Waals surface area contributed by atoms with Gasteiger partial charge in [-0.1, -0.05) is 19.1 Å². The Labute approximate surface area is 145 Å². The molecule has 2 N–H and O–H groups in total. The molecule has 3 amide bonds. The van der Waals surface area contributed by atoms with E-state index in [1.54, 1.807) is 0 Å². The van der Waals surface area contributed by atoms with Gasteiger partial charge in [0, 0.05) is 12.8 Å². The second-order valence-electron chi connectivity index (χ2n) is 6.53. The van der Waals surface area contributed by atoms with Crippen LogP contribution >= 0.6 is 0 Å². The van der Waals surface area contributed by atoms with Crippen LogP contribution in [0.25, 0.3) is 5.69 Å². The predicted octanol–water partition coefficient (Wildman–Crippen LogP) is 1.46. The summed E-state index contributed by atoms with van der Waals surface area (Å²) < 4.78 is 1.93. The quantitative estimate of drug-likeness (QED) is 0.807. The first-order chi connectivity index (χ1) is 12.2. The summed E-state index contributed by atoms with van der Waals surface area (Å²) in [5.74, 6) is 1.36. The molecule has 1 atom stereocenters. The number of amides is 3. The van der Waals surface area contributed by atoms with Gasteiger partial charge in [0.2, 0.25) is 0 Å². The average Bonchev–Trinajstić information content (AvgIpc) is 3.30. The molecule has 1 aliphatic heterocycles. The third-order valence-corrected chi connectivity index (χ3v) is 4.90. The molecule has 2 aliphatic rings. The van der Waals surface area contributed by atoms with Gasteiger partial charge in [-0.3, -0.25) is 10.1 Å². The summed E-state index contributed by atoms with van der Waals surface area (Å²) in [4.78, 5) is 27.6. The van der Waals surface area contributed by atoms with Crippen LogP contribution in [0, 0.1) is 0 Å². The van der Waals surface area contributed by atoms with Gasteiger partial charge in [-0.25, -0.2) is 14.5 Å². The molecule has 2 heterocycles. The molecule has 4 rings (SSSR count). The largest absolute Gasteiger partial charge is 0.326 e. The smallest absolute Gasteiger partial charge is 0.322 e. The number of hydrogen-bond acceptors (Lipinski definition) is 4. The van der Waals surface area contributed by atoms with Crippen molar-refractivity contribution in [3.63, 3.8) is 0 Å². The summed E-state index contributed by atoms with van der Waals surface area (Å²) in [5.41, 5.74) is 3.83. The standard InChI is InChI=1S/C18H21N5O2/c1-2-15-20-16(10-9-13-17(24)21-18(25)19-13)23(22-15)14-8-4-6-11-5-3-7-12(11)14/h4,6,8,13H,2-3,5,7,9-10H2,1H3,(H2,19,21,24,25)/t13-/m0/s1. The lowest BCUT2D eigenvalue weighted by Gasteiger charge is -2.12. The molecule has 1 aromatic carbocycles. The first-order valence-corrected chi connectivity index (χ1v) is 8.83. The Morgan fingerprint density at radius 2 is 2.16 bits per heavy atom. The van der Waals surface area contributed by atoms with Crippen LogP contribution in [0.1, 0.15) is 42.5 Å². The summed E-state index contributed by atoms with van der Waals surface area (Å²) in [6.45, 7) is 2.03. The number of nitrogens with one attached hydrogen (secondary N) is 2. The molecule has 0 radical (unpaired) electrons. The van der Waals surface area contributed by atoms with Gasteiger partial charge in [0.05, 0.1) is 5.69 Å². The van der Waals surface area contributed by atoms with Crippen molar-refractivity contribution in [2.24, 2.45) is 0 Å². The highest BCUT2D eigenvalue weighted by molar-refractivity contribution is 6.04. The van der Waals surface area contributed by atoms with Crippen molar-refractivity contribution in [3.05, 3.63) is 41.0 Å². The average molecular weight is 339 g/mol. The van der Waals surface area contributed by atoms with Crippen molar-refractivity contribution < 1.29 is 9.59 Å². The van der Waals surface area contributed by atoms with Crippen molar-refractivity contribution in [3.8, 4) is 5.69 Å². The number of hydrogen-bond donors (Lipinski definition) is 2. The fourth-order valence-electron chi connectivity index (χ4n) is 3.63. The number of aromatic nitrogens is 3. The topological polar surface area (TPSA) is 88.9 Å². The lowest BCUT2D eigenvalue weighted by atomic mass is 10.1. The maximum Gasteiger partial charge on any atom is 0.322 e. The molecule has 7 nitrogen and oxygen atoms in total. The van der Waals surface area contributed by atoms with Gasteiger partial charge in [-0.05, 0) is 42.9 Å². The lowest BCUT2D eigenvalue weighted by Crippen LogP contribution is -2.29. The van der Waals surface area contributed by atoms with Gasteiger partial charge >= 0.3 is 6.03 Å². The molecular weight excluding hydrogens is 318 g/mol. The van der Waals surface area contributed by atoms with Gasteiger partial charge in [-0.15, -0.1) is 0 Å². The van der Waals surface area contributed by atoms with E-state index in [-0.39, 0.29) is 5.91 Å². The van der Waals surface area contributed by atoms with E-state index in [1.807, 2.05) is 11.6 Å². The molecule has 130 valence electrons. The van der Waals surface area contributed by atoms with Gasteiger partial charge in [-0.2, -0.15) is 5.10 Å². The van der Waals surface area contributed by atoms with Crippen LogP contribution in [-0.2, 0) is 30.5 Å². The van der Waals surface area contributed by atoms with Gasteiger partial charge in [0.1, 0.15) is 11.9 Å². The van der Waals surface area contributed by atoms with Crippen LogP contribution in [-0.4, -0.2) is 32.7 Å². The van der Waals surface area contributed by atoms with E-state index in [0.717, 1.165) is 36.6 Å². The number of carbonyl (C=O) groups excluding carboxylic acids is 2. The highest BCUT2D eigenvalue weighted by Gasteiger charge is 2.29. The van der Waals surface area contributed by atoms with Crippen molar-refractivity contribution in [1.29, 1.82) is 0 Å². The Morgan fingerprint density at radius 3 is 2.92 bits per heavy atom. The normalized spacial score (nSPS) is 19.0. The number of rotatable bonds is 5. The lowest BCUT2D eigenvalue weighted by molar-refractivity contribution is -0.120. The number of urea groups is 1. The van der Waals surface area contributed by atoms with E-state index >= 15 is 0 Å². The van der Waals surface area contributed by atoms with Crippen molar-refractivity contribution >= 4 is 11.9 Å². The van der Waals surface area contributed by atoms with Crippen LogP contribution < -0.4 is 10.6 Å². The number of aryl methyl sites for hydroxylation is 3. The Bertz CT molecular complexity index is 842. The minimum Gasteiger partial charge on any atom is -0.326 e. The fraction of sp³-hybridized carbons (Fsp3) is 0.444. The summed E-state index contributed by atoms with van der Waals surface area (Å²) in [5, 5.41) is 9.58. The number of imide groups is 1. The monoisotopic (exact) mass is 339 g/mol. The summed E-state index contributed by atoms with van der Waals surface area (Å²) in [6, 6.07) is 5.42. The Balaban J connectivity index is 1.63. The molecule has 25 heavy (non-hydrogen) atoms. The molecule has 1 aromatic heterocycles. The minimum atomic E-state index is -0.496. The maximum absolute atomic E-state index is 11.7. The van der Waals surface area contributed by atoms with E-state index in [2.05, 4.69) is 38.9 Å². The fourth-order valence-corrected chi connectivity index (χ4v) is 3.63. The third kappa shape index (κ3) is 2.90. The van der Waals surface area contributed by atoms with E-state index in [1.165, 1.54) is 17.5 Å². The first kappa shape index (κ1) is 15.8. The van der Waals surface area contributed by atoms with E-state index in [9.17, 15) is 9.59 Å². The first-order valence-electron chi connectivity index (χ1n) is 8.83. The molecule has 1 fully saturated rings. The molecule has 0 unspecified atom stereocenters. The highest BCUT2D eigenvalue weighted by Crippen LogP contribution is 2.28. The Morgan fingerprint density at radius 1 is 1.28 bits per heavy atom. The molecule has 7 heteroatoms. The van der Waals surface area contributed by atoms with Crippen molar-refractivity contribution in [2.75, 3.05) is 0 Å². The molecule has 1 aliphatic carbocycles. The molecule has 0 saturated carbocycles. The Hall–Kier alpha value is -2.70. The molecule has 0 bridgehead atoms. The zero-order valence-electron chi connectivity index (χ0n) is 14.2. The summed E-state index contributed by atoms with van der Waals surface area (Å²) >= 11 is 0. The van der Waals surface area contributed by atoms with Crippen molar-refractivity contribution in [2.45, 2.75) is 51.5 Å². The van der Waals surface area contributed by atoms with Gasteiger partial charge in [0.25, 0.3) is 5.91 Å². The summed E-state index contributed by atoms with van der Waals surface area (Å²) in [7, 11) is 0. The third-order valence-electron chi connectivity index (χ3n) is 4.90. The second kappa shape index (κ2) is 6.31. The van der Waals surface area contributed by atoms with Crippen molar-refractivity contribution in [1.82, 2.24) is 25.4 Å². The van der Waals surface area contributed by atoms with Crippen LogP contribution in [0.2, 0.25) is 0 Å². The highest BCUT2D eigenvalue weighted by atomic mass is 16.2. The Kier molecular flexibility index (Phi) is 3.99. The number of nitrogens with zero attached hydrogens (tertiary/aromatic N) is 3. The van der Waals surface area contributed by atoms with Crippen LogP contribution in [0.4, 0.5) is 4.79 Å². The van der Waals surface area contributed by atoms with Crippen LogP contribution in [0.15, 0.2) is 18.2 Å². The maximum atomic E-state index is 11.7. The molecule has 2 aromatic rings. The van der Waals surface area contributed by atoms with Gasteiger partial charge in [0.15, 0.2) is 5.82 Å². The summed E-state index contributed by atoms with van der Waals surface area (Å²) in [6.07, 6.45) is 5.19. The number of carbonyl (C=O) groups is 2. The number of benzene rings is 1. The van der Waals surface area contributed by atoms with Crippen LogP contribution in [0.3, 0.4) is 0 Å². The second-order valence-corrected chi connectivity index (χ2v) is 6.53. The van der Waals surface area contributed by atoms with E-state index in [4.69, 9.17) is 0 Å². The van der Waals surface area contributed by atoms with Crippen LogP contribution in [0.5, 0.6) is 0 Å². The number of fused-ring (bicyclic) bond motifs is 1. The zero-order chi connectivity index (χ0) is 17.4.